The highest BCUT2D eigenvalue weighted by Gasteiger charge is 2.27. The predicted molar refractivity (Wildman–Crippen MR) is 83.3 cm³/mol. The van der Waals surface area contributed by atoms with Crippen molar-refractivity contribution in [3.63, 3.8) is 0 Å². The molecule has 0 bridgehead atoms. The summed E-state index contributed by atoms with van der Waals surface area (Å²) in [6, 6.07) is 4.28. The van der Waals surface area contributed by atoms with Crippen LogP contribution in [0, 0.1) is 0 Å². The minimum Gasteiger partial charge on any atom is -0.389 e. The van der Waals surface area contributed by atoms with Gasteiger partial charge in [0.05, 0.1) is 5.56 Å². The van der Waals surface area contributed by atoms with E-state index in [1.807, 2.05) is 23.9 Å². The third-order valence-corrected chi connectivity index (χ3v) is 4.77. The van der Waals surface area contributed by atoms with Gasteiger partial charge in [0, 0.05) is 17.5 Å². The minimum absolute atomic E-state index is 0.406. The van der Waals surface area contributed by atoms with Crippen molar-refractivity contribution in [2.45, 2.75) is 37.5 Å². The van der Waals surface area contributed by atoms with Crippen LogP contribution in [0.5, 0.6) is 0 Å². The molecular weight excluding hydrogens is 262 g/mol. The lowest BCUT2D eigenvalue weighted by atomic mass is 10.2. The van der Waals surface area contributed by atoms with Crippen LogP contribution in [0.2, 0.25) is 0 Å². The zero-order valence-electron chi connectivity index (χ0n) is 10.6. The number of hydrogen-bond donors (Lipinski definition) is 2. The number of pyridine rings is 1. The average molecular weight is 281 g/mol. The number of nitrogens with one attached hydrogen (secondary N) is 1. The first kappa shape index (κ1) is 13.6. The van der Waals surface area contributed by atoms with Crippen LogP contribution < -0.4 is 11.1 Å². The molecule has 18 heavy (non-hydrogen) atoms. The van der Waals surface area contributed by atoms with E-state index in [-0.39, 0.29) is 0 Å². The molecule has 2 rings (SSSR count). The number of anilines is 1. The van der Waals surface area contributed by atoms with Crippen molar-refractivity contribution in [3.8, 4) is 0 Å². The van der Waals surface area contributed by atoms with Crippen LogP contribution in [0.1, 0.15) is 31.7 Å². The third-order valence-electron chi connectivity index (χ3n) is 3.23. The fourth-order valence-electron chi connectivity index (χ4n) is 2.40. The van der Waals surface area contributed by atoms with Crippen molar-refractivity contribution in [1.29, 1.82) is 0 Å². The fourth-order valence-corrected chi connectivity index (χ4v) is 3.76. The third kappa shape index (κ3) is 3.14. The normalized spacial score (nSPS) is 22.9. The van der Waals surface area contributed by atoms with Gasteiger partial charge in [0.25, 0.3) is 0 Å². The molecule has 98 valence electrons. The van der Waals surface area contributed by atoms with Crippen LogP contribution >= 0.6 is 24.0 Å². The van der Waals surface area contributed by atoms with Gasteiger partial charge in [0.15, 0.2) is 0 Å². The van der Waals surface area contributed by atoms with Crippen molar-refractivity contribution in [3.05, 3.63) is 23.9 Å². The Morgan fingerprint density at radius 1 is 1.61 bits per heavy atom. The number of hydrogen-bond acceptors (Lipinski definition) is 4. The topological polar surface area (TPSA) is 50.9 Å². The molecule has 0 spiro atoms. The van der Waals surface area contributed by atoms with Crippen molar-refractivity contribution >= 4 is 34.8 Å². The lowest BCUT2D eigenvalue weighted by Gasteiger charge is -2.21. The number of thioether (sulfide) groups is 1. The van der Waals surface area contributed by atoms with Crippen LogP contribution in [0.4, 0.5) is 5.82 Å². The van der Waals surface area contributed by atoms with Crippen LogP contribution in [0.25, 0.3) is 0 Å². The van der Waals surface area contributed by atoms with E-state index in [1.165, 1.54) is 19.3 Å². The quantitative estimate of drug-likeness (QED) is 0.813. The van der Waals surface area contributed by atoms with Crippen molar-refractivity contribution in [2.24, 2.45) is 5.73 Å². The molecule has 5 heteroatoms. The zero-order valence-corrected chi connectivity index (χ0v) is 12.2. The predicted octanol–water partition coefficient (Wildman–Crippen LogP) is 2.80. The van der Waals surface area contributed by atoms with E-state index >= 15 is 0 Å². The fraction of sp³-hybridized carbons (Fsp3) is 0.538. The molecule has 0 radical (unpaired) electrons. The number of rotatable bonds is 5. The summed E-state index contributed by atoms with van der Waals surface area (Å²) in [5.74, 6) is 1.99. The standard InChI is InChI=1S/C13H19N3S2/c1-2-18-11-7-3-6-10(11)16-13-9(12(14)17)5-4-8-15-13/h4-5,8,10-11H,2-3,6-7H2,1H3,(H2,14,17)(H,15,16). The smallest absolute Gasteiger partial charge is 0.136 e. The summed E-state index contributed by atoms with van der Waals surface area (Å²) in [4.78, 5) is 4.78. The number of aromatic nitrogens is 1. The lowest BCUT2D eigenvalue weighted by molar-refractivity contribution is 0.762. The van der Waals surface area contributed by atoms with Gasteiger partial charge in [0.1, 0.15) is 10.8 Å². The second kappa shape index (κ2) is 6.38. The molecule has 0 saturated heterocycles. The van der Waals surface area contributed by atoms with Crippen molar-refractivity contribution in [2.75, 3.05) is 11.1 Å². The first-order valence-electron chi connectivity index (χ1n) is 6.35. The van der Waals surface area contributed by atoms with E-state index in [9.17, 15) is 0 Å². The molecule has 2 atom stereocenters. The Kier molecular flexibility index (Phi) is 4.83. The number of nitrogens with two attached hydrogens (primary N) is 1. The lowest BCUT2D eigenvalue weighted by Crippen LogP contribution is -2.28. The van der Waals surface area contributed by atoms with Gasteiger partial charge in [0.2, 0.25) is 0 Å². The molecule has 1 saturated carbocycles. The Balaban J connectivity index is 2.11. The van der Waals surface area contributed by atoms with E-state index in [0.717, 1.165) is 17.1 Å². The molecule has 1 heterocycles. The number of nitrogens with zero attached hydrogens (tertiary/aromatic N) is 1. The molecule has 1 aliphatic rings. The molecule has 0 amide bonds. The van der Waals surface area contributed by atoms with E-state index in [0.29, 0.717) is 16.3 Å². The van der Waals surface area contributed by atoms with E-state index < -0.39 is 0 Å². The molecular formula is C13H19N3S2. The second-order valence-electron chi connectivity index (χ2n) is 4.44. The van der Waals surface area contributed by atoms with Crippen LogP contribution in [0.3, 0.4) is 0 Å². The Labute approximate surface area is 118 Å². The van der Waals surface area contributed by atoms with E-state index in [4.69, 9.17) is 18.0 Å². The molecule has 1 fully saturated rings. The SMILES string of the molecule is CCSC1CCCC1Nc1ncccc1C(N)=S. The highest BCUT2D eigenvalue weighted by atomic mass is 32.2. The first-order chi connectivity index (χ1) is 8.72. The minimum atomic E-state index is 0.406. The summed E-state index contributed by atoms with van der Waals surface area (Å²) in [7, 11) is 0. The molecule has 2 unspecified atom stereocenters. The summed E-state index contributed by atoms with van der Waals surface area (Å²) in [5, 5.41) is 4.20. The first-order valence-corrected chi connectivity index (χ1v) is 7.81. The molecule has 3 N–H and O–H groups in total. The second-order valence-corrected chi connectivity index (χ2v) is 6.40. The molecule has 0 aliphatic heterocycles. The van der Waals surface area contributed by atoms with Crippen LogP contribution in [-0.2, 0) is 0 Å². The molecule has 0 aromatic carbocycles. The maximum atomic E-state index is 5.73. The van der Waals surface area contributed by atoms with Gasteiger partial charge < -0.3 is 11.1 Å². The van der Waals surface area contributed by atoms with E-state index in [2.05, 4.69) is 17.2 Å². The summed E-state index contributed by atoms with van der Waals surface area (Å²) in [6.07, 6.45) is 5.54. The highest BCUT2D eigenvalue weighted by molar-refractivity contribution is 7.99. The van der Waals surface area contributed by atoms with E-state index in [1.54, 1.807) is 6.20 Å². The van der Waals surface area contributed by atoms with Crippen molar-refractivity contribution < 1.29 is 0 Å². The van der Waals surface area contributed by atoms with Gasteiger partial charge in [-0.25, -0.2) is 4.98 Å². The highest BCUT2D eigenvalue weighted by Crippen LogP contribution is 2.32. The van der Waals surface area contributed by atoms with Gasteiger partial charge in [-0.2, -0.15) is 11.8 Å². The molecule has 1 aromatic heterocycles. The zero-order chi connectivity index (χ0) is 13.0. The van der Waals surface area contributed by atoms with Gasteiger partial charge in [-0.3, -0.25) is 0 Å². The molecule has 3 nitrogen and oxygen atoms in total. The summed E-state index contributed by atoms with van der Waals surface area (Å²) in [5.41, 5.74) is 6.58. The monoisotopic (exact) mass is 281 g/mol. The maximum absolute atomic E-state index is 5.73. The summed E-state index contributed by atoms with van der Waals surface area (Å²) < 4.78 is 0. The van der Waals surface area contributed by atoms with Gasteiger partial charge in [-0.15, -0.1) is 0 Å². The van der Waals surface area contributed by atoms with Gasteiger partial charge >= 0.3 is 0 Å². The summed E-state index contributed by atoms with van der Waals surface area (Å²) >= 11 is 7.09. The van der Waals surface area contributed by atoms with Crippen LogP contribution in [0.15, 0.2) is 18.3 Å². The maximum Gasteiger partial charge on any atom is 0.136 e. The Bertz CT molecular complexity index is 422. The van der Waals surface area contributed by atoms with Gasteiger partial charge in [-0.1, -0.05) is 25.6 Å². The summed E-state index contributed by atoms with van der Waals surface area (Å²) in [6.45, 7) is 2.21. The molecule has 1 aromatic rings. The van der Waals surface area contributed by atoms with Gasteiger partial charge in [-0.05, 0) is 30.7 Å². The number of thiocarbonyl (C=S) groups is 1. The van der Waals surface area contributed by atoms with Crippen molar-refractivity contribution in [1.82, 2.24) is 4.98 Å². The van der Waals surface area contributed by atoms with Crippen LogP contribution in [-0.4, -0.2) is 27.0 Å². The Morgan fingerprint density at radius 2 is 2.44 bits per heavy atom. The largest absolute Gasteiger partial charge is 0.389 e. The average Bonchev–Trinajstić information content (AvgIpc) is 2.78. The molecule has 1 aliphatic carbocycles. The Morgan fingerprint density at radius 3 is 3.17 bits per heavy atom. The Hall–Kier alpha value is -0.810.